The Hall–Kier alpha value is -2.86. The molecule has 4 rings (SSSR count). The van der Waals surface area contributed by atoms with Crippen molar-refractivity contribution in [1.29, 1.82) is 0 Å². The van der Waals surface area contributed by atoms with E-state index in [-0.39, 0.29) is 24.8 Å². The van der Waals surface area contributed by atoms with Crippen LogP contribution in [-0.2, 0) is 30.8 Å². The summed E-state index contributed by atoms with van der Waals surface area (Å²) in [5, 5.41) is 10.1. The SMILES string of the molecule is COc1cc(C)c(S(=O)(=O)N(Cc2ccc3c(c2)OCO3)[C@H](COC2CCCCO2)C(=O)O)c(C)c1. The van der Waals surface area contributed by atoms with E-state index in [1.54, 1.807) is 44.2 Å². The summed E-state index contributed by atoms with van der Waals surface area (Å²) in [5.41, 5.74) is 1.44. The second kappa shape index (κ2) is 11.0. The normalized spacial score (nSPS) is 18.3. The van der Waals surface area contributed by atoms with Gasteiger partial charge in [-0.2, -0.15) is 4.31 Å². The first-order valence-corrected chi connectivity index (χ1v) is 13.2. The molecule has 1 unspecified atom stereocenters. The minimum Gasteiger partial charge on any atom is -0.497 e. The molecule has 0 aromatic heterocycles. The summed E-state index contributed by atoms with van der Waals surface area (Å²) in [7, 11) is -2.79. The van der Waals surface area contributed by atoms with Crippen LogP contribution < -0.4 is 14.2 Å². The van der Waals surface area contributed by atoms with Gasteiger partial charge in [0.05, 0.1) is 18.6 Å². The number of aliphatic carboxylic acids is 1. The van der Waals surface area contributed by atoms with E-state index < -0.39 is 28.3 Å². The van der Waals surface area contributed by atoms with Crippen molar-refractivity contribution in [2.24, 2.45) is 0 Å². The third-order valence-electron chi connectivity index (χ3n) is 6.22. The van der Waals surface area contributed by atoms with Gasteiger partial charge in [-0.15, -0.1) is 0 Å². The van der Waals surface area contributed by atoms with Crippen LogP contribution in [0.5, 0.6) is 17.2 Å². The van der Waals surface area contributed by atoms with Crippen molar-refractivity contribution in [2.45, 2.75) is 56.9 Å². The number of benzene rings is 2. The van der Waals surface area contributed by atoms with E-state index in [0.717, 1.165) is 17.1 Å². The monoisotopic (exact) mass is 521 g/mol. The average molecular weight is 522 g/mol. The summed E-state index contributed by atoms with van der Waals surface area (Å²) in [6.45, 7) is 3.32. The van der Waals surface area contributed by atoms with E-state index in [9.17, 15) is 18.3 Å². The molecule has 2 aliphatic heterocycles. The van der Waals surface area contributed by atoms with Crippen LogP contribution in [0.25, 0.3) is 0 Å². The van der Waals surface area contributed by atoms with Crippen molar-refractivity contribution < 1.29 is 42.0 Å². The van der Waals surface area contributed by atoms with Crippen molar-refractivity contribution in [3.8, 4) is 17.2 Å². The molecule has 2 aromatic rings. The predicted molar refractivity (Wildman–Crippen MR) is 129 cm³/mol. The van der Waals surface area contributed by atoms with Gasteiger partial charge < -0.3 is 28.8 Å². The zero-order valence-corrected chi connectivity index (χ0v) is 21.4. The number of sulfonamides is 1. The number of hydrogen-bond donors (Lipinski definition) is 1. The molecule has 1 saturated heterocycles. The lowest BCUT2D eigenvalue weighted by Crippen LogP contribution is -2.48. The summed E-state index contributed by atoms with van der Waals surface area (Å²) in [5.74, 6) is 0.209. The van der Waals surface area contributed by atoms with Crippen molar-refractivity contribution in [2.75, 3.05) is 27.1 Å². The number of rotatable bonds is 10. The molecule has 2 aromatic carbocycles. The second-order valence-corrected chi connectivity index (χ2v) is 10.6. The van der Waals surface area contributed by atoms with Crippen molar-refractivity contribution in [3.63, 3.8) is 0 Å². The molecule has 11 heteroatoms. The third-order valence-corrected chi connectivity index (χ3v) is 8.38. The Labute approximate surface area is 210 Å². The van der Waals surface area contributed by atoms with E-state index in [1.165, 1.54) is 7.11 Å². The number of aryl methyl sites for hydroxylation is 2. The van der Waals surface area contributed by atoms with Crippen LogP contribution in [-0.4, -0.2) is 63.2 Å². The first kappa shape index (κ1) is 26.2. The van der Waals surface area contributed by atoms with Gasteiger partial charge in [-0.1, -0.05) is 6.07 Å². The molecule has 0 aliphatic carbocycles. The Kier molecular flexibility index (Phi) is 8.04. The Morgan fingerprint density at radius 3 is 2.50 bits per heavy atom. The van der Waals surface area contributed by atoms with Gasteiger partial charge in [-0.3, -0.25) is 4.79 Å². The summed E-state index contributed by atoms with van der Waals surface area (Å²) in [4.78, 5) is 12.5. The molecule has 0 amide bonds. The quantitative estimate of drug-likeness (QED) is 0.502. The van der Waals surface area contributed by atoms with Gasteiger partial charge in [-0.05, 0) is 74.1 Å². The van der Waals surface area contributed by atoms with E-state index >= 15 is 0 Å². The summed E-state index contributed by atoms with van der Waals surface area (Å²) < 4.78 is 56.5. The van der Waals surface area contributed by atoms with Crippen molar-refractivity contribution in [1.82, 2.24) is 4.31 Å². The van der Waals surface area contributed by atoms with Gasteiger partial charge in [0.1, 0.15) is 11.8 Å². The summed E-state index contributed by atoms with van der Waals surface area (Å²) >= 11 is 0. The van der Waals surface area contributed by atoms with Crippen LogP contribution in [0.4, 0.5) is 0 Å². The van der Waals surface area contributed by atoms with Gasteiger partial charge in [0.15, 0.2) is 17.8 Å². The fourth-order valence-corrected chi connectivity index (χ4v) is 6.42. The predicted octanol–water partition coefficient (Wildman–Crippen LogP) is 3.23. The number of methoxy groups -OCH3 is 1. The summed E-state index contributed by atoms with van der Waals surface area (Å²) in [6, 6.07) is 6.75. The first-order valence-electron chi connectivity index (χ1n) is 11.7. The van der Waals surface area contributed by atoms with Gasteiger partial charge in [-0.25, -0.2) is 8.42 Å². The van der Waals surface area contributed by atoms with Crippen LogP contribution in [0.15, 0.2) is 35.2 Å². The molecule has 0 bridgehead atoms. The minimum atomic E-state index is -4.29. The number of carboxylic acids is 1. The molecule has 0 saturated carbocycles. The highest BCUT2D eigenvalue weighted by molar-refractivity contribution is 7.89. The zero-order chi connectivity index (χ0) is 25.9. The average Bonchev–Trinajstić information content (AvgIpc) is 3.31. The Balaban J connectivity index is 1.72. The van der Waals surface area contributed by atoms with Crippen LogP contribution in [0, 0.1) is 13.8 Å². The molecule has 2 heterocycles. The van der Waals surface area contributed by atoms with Crippen LogP contribution >= 0.6 is 0 Å². The van der Waals surface area contributed by atoms with E-state index in [2.05, 4.69) is 0 Å². The summed E-state index contributed by atoms with van der Waals surface area (Å²) in [6.07, 6.45) is 1.85. The highest BCUT2D eigenvalue weighted by atomic mass is 32.2. The minimum absolute atomic E-state index is 0.0317. The molecule has 2 aliphatic rings. The van der Waals surface area contributed by atoms with E-state index in [0.29, 0.717) is 47.0 Å². The number of carbonyl (C=O) groups is 1. The lowest BCUT2D eigenvalue weighted by Gasteiger charge is -2.31. The number of ether oxygens (including phenoxy) is 5. The van der Waals surface area contributed by atoms with Gasteiger partial charge >= 0.3 is 5.97 Å². The third kappa shape index (κ3) is 5.59. The molecule has 10 nitrogen and oxygen atoms in total. The van der Waals surface area contributed by atoms with E-state index in [1.807, 2.05) is 0 Å². The Bertz CT molecular complexity index is 1190. The topological polar surface area (TPSA) is 121 Å². The van der Waals surface area contributed by atoms with Crippen LogP contribution in [0.3, 0.4) is 0 Å². The smallest absolute Gasteiger partial charge is 0.324 e. The molecular formula is C25H31NO9S. The van der Waals surface area contributed by atoms with Crippen molar-refractivity contribution in [3.05, 3.63) is 47.0 Å². The maximum Gasteiger partial charge on any atom is 0.324 e. The first-order chi connectivity index (χ1) is 17.2. The standard InChI is InChI=1S/C25H31NO9S/c1-16-10-19(31-3)11-17(2)24(16)36(29,30)26(13-18-7-8-21-22(12-18)35-15-34-21)20(25(27)28)14-33-23-6-4-5-9-32-23/h7-8,10-12,20,23H,4-6,9,13-15H2,1-3H3,(H,27,28)/t20-,23?/m1/s1. The van der Waals surface area contributed by atoms with E-state index in [4.69, 9.17) is 23.7 Å². The molecule has 36 heavy (non-hydrogen) atoms. The van der Waals surface area contributed by atoms with Gasteiger partial charge in [0.25, 0.3) is 0 Å². The molecule has 0 radical (unpaired) electrons. The van der Waals surface area contributed by atoms with Gasteiger partial charge in [0, 0.05) is 13.2 Å². The zero-order valence-electron chi connectivity index (χ0n) is 20.6. The fourth-order valence-electron chi connectivity index (χ4n) is 4.45. The maximum absolute atomic E-state index is 14.1. The van der Waals surface area contributed by atoms with Crippen molar-refractivity contribution >= 4 is 16.0 Å². The fraction of sp³-hybridized carbons (Fsp3) is 0.480. The highest BCUT2D eigenvalue weighted by Gasteiger charge is 2.39. The Morgan fingerprint density at radius 2 is 1.86 bits per heavy atom. The van der Waals surface area contributed by atoms with Crippen LogP contribution in [0.1, 0.15) is 36.0 Å². The van der Waals surface area contributed by atoms with Gasteiger partial charge in [0.2, 0.25) is 16.8 Å². The second-order valence-electron chi connectivity index (χ2n) is 8.81. The molecule has 0 spiro atoms. The number of carboxylic acid groups (broad SMARTS) is 1. The highest BCUT2D eigenvalue weighted by Crippen LogP contribution is 2.35. The van der Waals surface area contributed by atoms with Crippen LogP contribution in [0.2, 0.25) is 0 Å². The number of hydrogen-bond acceptors (Lipinski definition) is 8. The number of nitrogens with zero attached hydrogens (tertiary/aromatic N) is 1. The lowest BCUT2D eigenvalue weighted by molar-refractivity contribution is -0.175. The molecular weight excluding hydrogens is 490 g/mol. The molecule has 196 valence electrons. The molecule has 1 N–H and O–H groups in total. The molecule has 1 fully saturated rings. The number of fused-ring (bicyclic) bond motifs is 1. The largest absolute Gasteiger partial charge is 0.497 e. The molecule has 2 atom stereocenters. The Morgan fingerprint density at radius 1 is 1.14 bits per heavy atom. The lowest BCUT2D eigenvalue weighted by atomic mass is 10.1. The maximum atomic E-state index is 14.1.